The molecule has 0 radical (unpaired) electrons. The average Bonchev–Trinajstić information content (AvgIpc) is 3.00. The van der Waals surface area contributed by atoms with Crippen LogP contribution in [0.1, 0.15) is 24.1 Å². The van der Waals surface area contributed by atoms with Gasteiger partial charge in [-0.25, -0.2) is 0 Å². The highest BCUT2D eigenvalue weighted by molar-refractivity contribution is 9.11. The fourth-order valence-corrected chi connectivity index (χ4v) is 3.21. The Balaban J connectivity index is 1.67. The summed E-state index contributed by atoms with van der Waals surface area (Å²) in [6.45, 7) is 1.43. The minimum atomic E-state index is 0.134. The lowest BCUT2D eigenvalue weighted by Crippen LogP contribution is -2.33. The summed E-state index contributed by atoms with van der Waals surface area (Å²) >= 11 is 5.10. The largest absolute Gasteiger partial charge is 0.355 e. The third-order valence-corrected chi connectivity index (χ3v) is 4.96. The maximum atomic E-state index is 11.7. The van der Waals surface area contributed by atoms with Gasteiger partial charge < -0.3 is 11.1 Å². The Morgan fingerprint density at radius 1 is 1.53 bits per heavy atom. The molecule has 17 heavy (non-hydrogen) atoms. The van der Waals surface area contributed by atoms with Crippen molar-refractivity contribution >= 4 is 33.2 Å². The van der Waals surface area contributed by atoms with Crippen LogP contribution in [0.15, 0.2) is 15.9 Å². The van der Waals surface area contributed by atoms with Gasteiger partial charge >= 0.3 is 0 Å². The highest BCUT2D eigenvalue weighted by Gasteiger charge is 2.41. The fraction of sp³-hybridized carbons (Fsp3) is 0.583. The van der Waals surface area contributed by atoms with Crippen molar-refractivity contribution in [2.24, 2.45) is 11.1 Å². The van der Waals surface area contributed by atoms with Crippen LogP contribution in [0.2, 0.25) is 0 Å². The molecule has 5 heteroatoms. The minimum Gasteiger partial charge on any atom is -0.355 e. The van der Waals surface area contributed by atoms with Gasteiger partial charge in [-0.15, -0.1) is 11.3 Å². The number of carbonyl (C=O) groups excluding carboxylic acids is 1. The van der Waals surface area contributed by atoms with Gasteiger partial charge in [0.1, 0.15) is 0 Å². The molecule has 1 heterocycles. The van der Waals surface area contributed by atoms with Crippen LogP contribution in [-0.2, 0) is 11.2 Å². The van der Waals surface area contributed by atoms with Crippen LogP contribution in [0.3, 0.4) is 0 Å². The third kappa shape index (κ3) is 3.79. The van der Waals surface area contributed by atoms with Gasteiger partial charge in [-0.2, -0.15) is 0 Å². The van der Waals surface area contributed by atoms with Gasteiger partial charge in [-0.1, -0.05) is 0 Å². The van der Waals surface area contributed by atoms with E-state index in [2.05, 4.69) is 27.3 Å². The smallest absolute Gasteiger partial charge is 0.220 e. The van der Waals surface area contributed by atoms with Crippen molar-refractivity contribution in [3.8, 4) is 0 Å². The topological polar surface area (TPSA) is 55.1 Å². The molecule has 3 N–H and O–H groups in total. The molecule has 1 aliphatic rings. The first-order valence-electron chi connectivity index (χ1n) is 5.85. The minimum absolute atomic E-state index is 0.134. The summed E-state index contributed by atoms with van der Waals surface area (Å²) in [5.74, 6) is 0.134. The number of nitrogens with two attached hydrogens (primary N) is 1. The molecule has 1 aliphatic carbocycles. The maximum absolute atomic E-state index is 11.7. The standard InChI is InChI=1S/C12H17BrN2OS/c13-10-3-1-9(17-10)2-4-11(16)15-8-12(7-14)5-6-12/h1,3H,2,4-8,14H2,(H,15,16). The van der Waals surface area contributed by atoms with Gasteiger partial charge in [0.25, 0.3) is 0 Å². The molecule has 0 atom stereocenters. The van der Waals surface area contributed by atoms with Crippen molar-refractivity contribution in [1.29, 1.82) is 0 Å². The first kappa shape index (κ1) is 13.1. The number of hydrogen-bond donors (Lipinski definition) is 2. The summed E-state index contributed by atoms with van der Waals surface area (Å²) in [6, 6.07) is 4.08. The molecule has 1 aromatic rings. The first-order valence-corrected chi connectivity index (χ1v) is 7.45. The summed E-state index contributed by atoms with van der Waals surface area (Å²) in [5.41, 5.74) is 5.89. The van der Waals surface area contributed by atoms with E-state index in [1.807, 2.05) is 6.07 Å². The molecule has 0 unspecified atom stereocenters. The van der Waals surface area contributed by atoms with Crippen LogP contribution in [0, 0.1) is 5.41 Å². The molecule has 1 amide bonds. The summed E-state index contributed by atoms with van der Waals surface area (Å²) in [4.78, 5) is 12.9. The predicted molar refractivity (Wildman–Crippen MR) is 74.1 cm³/mol. The SMILES string of the molecule is NCC1(CNC(=O)CCc2ccc(Br)s2)CC1. The second-order valence-electron chi connectivity index (χ2n) is 4.69. The Bertz CT molecular complexity index is 401. The molecule has 1 fully saturated rings. The Labute approximate surface area is 114 Å². The van der Waals surface area contributed by atoms with Crippen molar-refractivity contribution in [3.05, 3.63) is 20.8 Å². The highest BCUT2D eigenvalue weighted by Crippen LogP contribution is 2.43. The van der Waals surface area contributed by atoms with E-state index in [0.717, 1.165) is 29.6 Å². The third-order valence-electron chi connectivity index (χ3n) is 3.28. The molecular weight excluding hydrogens is 300 g/mol. The van der Waals surface area contributed by atoms with Gasteiger partial charge in [-0.3, -0.25) is 4.79 Å². The zero-order valence-electron chi connectivity index (χ0n) is 9.67. The summed E-state index contributed by atoms with van der Waals surface area (Å²) in [7, 11) is 0. The number of thiophene rings is 1. The van der Waals surface area contributed by atoms with Crippen molar-refractivity contribution < 1.29 is 4.79 Å². The van der Waals surface area contributed by atoms with E-state index in [0.29, 0.717) is 13.0 Å². The number of hydrogen-bond acceptors (Lipinski definition) is 3. The van der Waals surface area contributed by atoms with E-state index in [1.165, 1.54) is 4.88 Å². The lowest BCUT2D eigenvalue weighted by atomic mass is 10.1. The lowest BCUT2D eigenvalue weighted by Gasteiger charge is -2.12. The number of rotatable bonds is 6. The van der Waals surface area contributed by atoms with Gasteiger partial charge in [0.05, 0.1) is 3.79 Å². The molecule has 3 nitrogen and oxygen atoms in total. The monoisotopic (exact) mass is 316 g/mol. The number of halogens is 1. The summed E-state index contributed by atoms with van der Waals surface area (Å²) in [5, 5.41) is 2.99. The molecule has 0 aromatic carbocycles. The van der Waals surface area contributed by atoms with Crippen LogP contribution in [0.4, 0.5) is 0 Å². The first-order chi connectivity index (χ1) is 8.13. The van der Waals surface area contributed by atoms with Gasteiger partial charge in [0.2, 0.25) is 5.91 Å². The van der Waals surface area contributed by atoms with E-state index in [4.69, 9.17) is 5.73 Å². The highest BCUT2D eigenvalue weighted by atomic mass is 79.9. The fourth-order valence-electron chi connectivity index (χ4n) is 1.73. The Hall–Kier alpha value is -0.390. The molecule has 94 valence electrons. The number of nitrogens with one attached hydrogen (secondary N) is 1. The number of amides is 1. The van der Waals surface area contributed by atoms with E-state index in [9.17, 15) is 4.79 Å². The van der Waals surface area contributed by atoms with Crippen LogP contribution in [0.5, 0.6) is 0 Å². The maximum Gasteiger partial charge on any atom is 0.220 e. The van der Waals surface area contributed by atoms with Crippen LogP contribution in [-0.4, -0.2) is 19.0 Å². The molecule has 1 aromatic heterocycles. The van der Waals surface area contributed by atoms with Crippen molar-refractivity contribution in [2.75, 3.05) is 13.1 Å². The van der Waals surface area contributed by atoms with Gasteiger partial charge in [-0.05, 0) is 59.3 Å². The second kappa shape index (κ2) is 5.50. The van der Waals surface area contributed by atoms with Gasteiger partial charge in [0, 0.05) is 17.8 Å². The quantitative estimate of drug-likeness (QED) is 0.846. The molecule has 0 saturated heterocycles. The van der Waals surface area contributed by atoms with Crippen LogP contribution < -0.4 is 11.1 Å². The molecule has 1 saturated carbocycles. The normalized spacial score (nSPS) is 16.8. The summed E-state index contributed by atoms with van der Waals surface area (Å²) in [6.07, 6.45) is 3.69. The summed E-state index contributed by atoms with van der Waals surface area (Å²) < 4.78 is 1.12. The Kier molecular flexibility index (Phi) is 4.22. The average molecular weight is 317 g/mol. The zero-order valence-corrected chi connectivity index (χ0v) is 12.1. The zero-order chi connectivity index (χ0) is 12.3. The van der Waals surface area contributed by atoms with E-state index in [1.54, 1.807) is 11.3 Å². The Morgan fingerprint density at radius 2 is 2.29 bits per heavy atom. The van der Waals surface area contributed by atoms with E-state index in [-0.39, 0.29) is 11.3 Å². The molecular formula is C12H17BrN2OS. The molecule has 0 spiro atoms. The number of carbonyl (C=O) groups is 1. The molecule has 0 bridgehead atoms. The van der Waals surface area contributed by atoms with Crippen LogP contribution in [0.25, 0.3) is 0 Å². The molecule has 0 aliphatic heterocycles. The van der Waals surface area contributed by atoms with Crippen molar-refractivity contribution in [2.45, 2.75) is 25.7 Å². The van der Waals surface area contributed by atoms with E-state index < -0.39 is 0 Å². The number of aryl methyl sites for hydroxylation is 1. The lowest BCUT2D eigenvalue weighted by molar-refractivity contribution is -0.121. The van der Waals surface area contributed by atoms with Crippen molar-refractivity contribution in [1.82, 2.24) is 5.32 Å². The van der Waals surface area contributed by atoms with E-state index >= 15 is 0 Å². The van der Waals surface area contributed by atoms with Gasteiger partial charge in [0.15, 0.2) is 0 Å². The van der Waals surface area contributed by atoms with Crippen LogP contribution >= 0.6 is 27.3 Å². The second-order valence-corrected chi connectivity index (χ2v) is 7.23. The predicted octanol–water partition coefficient (Wildman–Crippen LogP) is 2.30. The Morgan fingerprint density at radius 3 is 2.82 bits per heavy atom. The molecule has 2 rings (SSSR count). The van der Waals surface area contributed by atoms with Crippen molar-refractivity contribution in [3.63, 3.8) is 0 Å².